The molecule has 0 aromatic heterocycles. The summed E-state index contributed by atoms with van der Waals surface area (Å²) in [5.41, 5.74) is 1.76. The van der Waals surface area contributed by atoms with Gasteiger partial charge in [-0.25, -0.2) is 0 Å². The lowest BCUT2D eigenvalue weighted by molar-refractivity contribution is -0.144. The van der Waals surface area contributed by atoms with Gasteiger partial charge in [-0.05, 0) is 60.4 Å². The van der Waals surface area contributed by atoms with Crippen LogP contribution in [0.15, 0.2) is 48.6 Å². The van der Waals surface area contributed by atoms with E-state index in [9.17, 15) is 9.59 Å². The van der Waals surface area contributed by atoms with E-state index in [1.165, 1.54) is 0 Å². The molecule has 0 radical (unpaired) electrons. The fourth-order valence-electron chi connectivity index (χ4n) is 4.21. The van der Waals surface area contributed by atoms with Crippen molar-refractivity contribution in [2.45, 2.75) is 12.8 Å². The summed E-state index contributed by atoms with van der Waals surface area (Å²) in [5, 5.41) is 1.89. The number of rotatable bonds is 4. The second-order valence-electron chi connectivity index (χ2n) is 8.53. The van der Waals surface area contributed by atoms with Crippen LogP contribution in [0.3, 0.4) is 0 Å². The number of piperidine rings is 1. The summed E-state index contributed by atoms with van der Waals surface area (Å²) in [7, 11) is 0. The highest BCUT2D eigenvalue weighted by molar-refractivity contribution is 6.42. The third kappa shape index (κ3) is 5.75. The summed E-state index contributed by atoms with van der Waals surface area (Å²) in [6.45, 7) is 2.81. The smallest absolute Gasteiger partial charge is 0.246 e. The van der Waals surface area contributed by atoms with Gasteiger partial charge in [0.2, 0.25) is 11.8 Å². The molecule has 0 saturated carbocycles. The molecule has 1 spiro atoms. The lowest BCUT2D eigenvalue weighted by Gasteiger charge is -2.53. The first kappa shape index (κ1) is 24.2. The van der Waals surface area contributed by atoms with Crippen LogP contribution >= 0.6 is 46.4 Å². The van der Waals surface area contributed by atoms with Gasteiger partial charge in [-0.15, -0.1) is 0 Å². The topological polar surface area (TPSA) is 40.6 Å². The molecule has 2 aliphatic heterocycles. The van der Waals surface area contributed by atoms with Crippen LogP contribution in [-0.4, -0.2) is 47.8 Å². The predicted molar refractivity (Wildman–Crippen MR) is 136 cm³/mol. The number of carbonyl (C=O) groups is 2. The van der Waals surface area contributed by atoms with Gasteiger partial charge in [0.05, 0.1) is 20.1 Å². The number of nitrogens with zero attached hydrogens (tertiary/aromatic N) is 2. The van der Waals surface area contributed by atoms with E-state index < -0.39 is 0 Å². The maximum atomic E-state index is 12.6. The molecule has 4 rings (SSSR count). The van der Waals surface area contributed by atoms with Gasteiger partial charge >= 0.3 is 0 Å². The molecule has 8 heteroatoms. The van der Waals surface area contributed by atoms with Crippen LogP contribution in [0.2, 0.25) is 20.1 Å². The van der Waals surface area contributed by atoms with E-state index in [0.29, 0.717) is 33.2 Å². The number of hydrogen-bond donors (Lipinski definition) is 0. The van der Waals surface area contributed by atoms with Gasteiger partial charge in [0, 0.05) is 43.7 Å². The Hall–Kier alpha value is -1.98. The summed E-state index contributed by atoms with van der Waals surface area (Å²) in [5.74, 6) is -0.0394. The highest BCUT2D eigenvalue weighted by Crippen LogP contribution is 2.40. The second kappa shape index (κ2) is 10.1. The fourth-order valence-corrected chi connectivity index (χ4v) is 4.83. The van der Waals surface area contributed by atoms with Gasteiger partial charge < -0.3 is 9.80 Å². The first-order chi connectivity index (χ1) is 15.7. The Morgan fingerprint density at radius 3 is 1.61 bits per heavy atom. The van der Waals surface area contributed by atoms with Crippen molar-refractivity contribution in [3.8, 4) is 0 Å². The SMILES string of the molecule is O=C(/C=C/c1ccc(Cl)c(Cl)c1)N1CCC2(CC1)CN(C(=O)/C=C/c1ccc(Cl)c(Cl)c1)C2. The minimum Gasteiger partial charge on any atom is -0.339 e. The number of carbonyl (C=O) groups excluding carboxylic acids is 2. The van der Waals surface area contributed by atoms with E-state index >= 15 is 0 Å². The van der Waals surface area contributed by atoms with Crippen LogP contribution in [0.4, 0.5) is 0 Å². The Kier molecular flexibility index (Phi) is 7.40. The van der Waals surface area contributed by atoms with Crippen LogP contribution in [0.25, 0.3) is 12.2 Å². The molecule has 0 aliphatic carbocycles. The van der Waals surface area contributed by atoms with E-state index in [1.54, 1.807) is 48.6 Å². The lowest BCUT2D eigenvalue weighted by atomic mass is 9.72. The molecule has 4 nitrogen and oxygen atoms in total. The number of benzene rings is 2. The van der Waals surface area contributed by atoms with Crippen molar-refractivity contribution in [3.63, 3.8) is 0 Å². The van der Waals surface area contributed by atoms with Gasteiger partial charge in [-0.1, -0.05) is 58.5 Å². The molecular formula is C25H22Cl4N2O2. The zero-order valence-corrected chi connectivity index (χ0v) is 20.8. The fraction of sp³-hybridized carbons (Fsp3) is 0.280. The highest BCUT2D eigenvalue weighted by atomic mass is 35.5. The molecule has 2 heterocycles. The Morgan fingerprint density at radius 2 is 1.15 bits per heavy atom. The number of hydrogen-bond acceptors (Lipinski definition) is 2. The van der Waals surface area contributed by atoms with Crippen molar-refractivity contribution in [2.75, 3.05) is 26.2 Å². The zero-order chi connectivity index (χ0) is 23.6. The van der Waals surface area contributed by atoms with E-state index in [1.807, 2.05) is 21.9 Å². The van der Waals surface area contributed by atoms with Crippen LogP contribution < -0.4 is 0 Å². The van der Waals surface area contributed by atoms with Crippen molar-refractivity contribution in [1.82, 2.24) is 9.80 Å². The minimum atomic E-state index is -0.0206. The molecule has 0 bridgehead atoms. The lowest BCUT2D eigenvalue weighted by Crippen LogP contribution is -2.61. The van der Waals surface area contributed by atoms with Gasteiger partial charge in [-0.3, -0.25) is 9.59 Å². The van der Waals surface area contributed by atoms with Crippen LogP contribution in [0.1, 0.15) is 24.0 Å². The Labute approximate surface area is 213 Å². The Morgan fingerprint density at radius 1 is 0.697 bits per heavy atom. The van der Waals surface area contributed by atoms with Crippen LogP contribution in [0, 0.1) is 5.41 Å². The molecule has 2 aromatic rings. The van der Waals surface area contributed by atoms with Crippen molar-refractivity contribution in [3.05, 3.63) is 79.8 Å². The highest BCUT2D eigenvalue weighted by Gasteiger charge is 2.46. The molecule has 2 fully saturated rings. The molecule has 172 valence electrons. The summed E-state index contributed by atoms with van der Waals surface area (Å²) >= 11 is 23.9. The zero-order valence-electron chi connectivity index (χ0n) is 17.7. The van der Waals surface area contributed by atoms with E-state index in [0.717, 1.165) is 37.1 Å². The summed E-state index contributed by atoms with van der Waals surface area (Å²) in [4.78, 5) is 28.8. The summed E-state index contributed by atoms with van der Waals surface area (Å²) in [6.07, 6.45) is 8.41. The molecule has 0 unspecified atom stereocenters. The minimum absolute atomic E-state index is 0.0187. The Balaban J connectivity index is 1.25. The maximum Gasteiger partial charge on any atom is 0.246 e. The van der Waals surface area contributed by atoms with Crippen molar-refractivity contribution >= 4 is 70.4 Å². The van der Waals surface area contributed by atoms with Crippen molar-refractivity contribution < 1.29 is 9.59 Å². The van der Waals surface area contributed by atoms with E-state index in [4.69, 9.17) is 46.4 Å². The molecule has 0 atom stereocenters. The van der Waals surface area contributed by atoms with E-state index in [-0.39, 0.29) is 17.2 Å². The molecule has 2 amide bonds. The number of halogens is 4. The van der Waals surface area contributed by atoms with Crippen LogP contribution in [0.5, 0.6) is 0 Å². The average Bonchev–Trinajstić information content (AvgIpc) is 2.78. The van der Waals surface area contributed by atoms with Crippen molar-refractivity contribution in [1.29, 1.82) is 0 Å². The molecular weight excluding hydrogens is 502 g/mol. The number of amides is 2. The standard InChI is InChI=1S/C25H22Cl4N2O2/c26-19-5-1-17(13-21(19)28)3-7-23(32)30-11-9-25(10-12-30)15-31(16-25)24(33)8-4-18-2-6-20(27)22(29)14-18/h1-8,13-14H,9-12,15-16H2/b7-3+,8-4+. The first-order valence-corrected chi connectivity index (χ1v) is 12.1. The second-order valence-corrected chi connectivity index (χ2v) is 10.2. The molecule has 2 aromatic carbocycles. The average molecular weight is 524 g/mol. The maximum absolute atomic E-state index is 12.6. The van der Waals surface area contributed by atoms with Gasteiger partial charge in [0.15, 0.2) is 0 Å². The van der Waals surface area contributed by atoms with Gasteiger partial charge in [0.25, 0.3) is 0 Å². The predicted octanol–water partition coefficient (Wildman–Crippen LogP) is 6.48. The van der Waals surface area contributed by atoms with Gasteiger partial charge in [0.1, 0.15) is 0 Å². The molecule has 33 heavy (non-hydrogen) atoms. The number of likely N-dealkylation sites (tertiary alicyclic amines) is 2. The quantitative estimate of drug-likeness (QED) is 0.430. The molecule has 2 aliphatic rings. The third-order valence-electron chi connectivity index (χ3n) is 6.22. The van der Waals surface area contributed by atoms with Crippen LogP contribution in [-0.2, 0) is 9.59 Å². The van der Waals surface area contributed by atoms with E-state index in [2.05, 4.69) is 0 Å². The van der Waals surface area contributed by atoms with Gasteiger partial charge in [-0.2, -0.15) is 0 Å². The monoisotopic (exact) mass is 522 g/mol. The molecule has 0 N–H and O–H groups in total. The largest absolute Gasteiger partial charge is 0.339 e. The third-order valence-corrected chi connectivity index (χ3v) is 7.70. The van der Waals surface area contributed by atoms with Crippen molar-refractivity contribution in [2.24, 2.45) is 5.41 Å². The summed E-state index contributed by atoms with van der Waals surface area (Å²) < 4.78 is 0. The Bertz CT molecular complexity index is 1130. The first-order valence-electron chi connectivity index (χ1n) is 10.6. The molecule has 2 saturated heterocycles. The normalized spacial score (nSPS) is 17.7. The summed E-state index contributed by atoms with van der Waals surface area (Å²) in [6, 6.07) is 10.5.